The lowest BCUT2D eigenvalue weighted by atomic mass is 9.92. The van der Waals surface area contributed by atoms with Gasteiger partial charge in [-0.05, 0) is 12.2 Å². The fraction of sp³-hybridized carbons (Fsp3) is 0.375. The van der Waals surface area contributed by atoms with E-state index in [1.54, 1.807) is 0 Å². The maximum atomic E-state index is 12.0. The number of hydrogen-bond acceptors (Lipinski definition) is 6. The molecule has 1 rings (SSSR count). The first-order valence-corrected chi connectivity index (χ1v) is 8.40. The van der Waals surface area contributed by atoms with Gasteiger partial charge in [0.15, 0.2) is 0 Å². The van der Waals surface area contributed by atoms with E-state index < -0.39 is 23.8 Å². The number of rotatable bonds is 8. The number of halogens is 2. The molecule has 1 aliphatic carbocycles. The van der Waals surface area contributed by atoms with Crippen LogP contribution in [0.1, 0.15) is 0 Å². The van der Waals surface area contributed by atoms with Crippen LogP contribution in [0.4, 0.5) is 0 Å². The summed E-state index contributed by atoms with van der Waals surface area (Å²) < 4.78 is 21.9. The maximum absolute atomic E-state index is 12.0. The molecule has 0 N–H and O–H groups in total. The van der Waals surface area contributed by atoms with Gasteiger partial charge in [-0.2, -0.15) is 0 Å². The van der Waals surface area contributed by atoms with Crippen LogP contribution in [0, 0.1) is 11.8 Å². The van der Waals surface area contributed by atoms with Gasteiger partial charge in [-0.1, -0.05) is 45.0 Å². The van der Waals surface area contributed by atoms with E-state index in [9.17, 15) is 9.59 Å². The largest absolute Gasteiger partial charge is 0.492 e. The average Bonchev–Trinajstić information content (AvgIpc) is 2.56. The van der Waals surface area contributed by atoms with E-state index in [0.29, 0.717) is 8.96 Å². The molecule has 2 unspecified atom stereocenters. The van der Waals surface area contributed by atoms with Crippen molar-refractivity contribution >= 4 is 43.8 Å². The van der Waals surface area contributed by atoms with Crippen LogP contribution < -0.4 is 0 Å². The minimum absolute atomic E-state index is 0.134. The normalized spacial score (nSPS) is 19.5. The van der Waals surface area contributed by atoms with Crippen molar-refractivity contribution in [3.8, 4) is 0 Å². The summed E-state index contributed by atoms with van der Waals surface area (Å²) in [5, 5.41) is 0. The number of carbonyl (C=O) groups is 2. The van der Waals surface area contributed by atoms with Gasteiger partial charge in [0.25, 0.3) is 0 Å². The fourth-order valence-corrected chi connectivity index (χ4v) is 2.15. The van der Waals surface area contributed by atoms with Crippen LogP contribution in [-0.2, 0) is 28.5 Å². The first-order chi connectivity index (χ1) is 11.3. The molecule has 0 heterocycles. The van der Waals surface area contributed by atoms with Crippen LogP contribution >= 0.6 is 31.9 Å². The minimum Gasteiger partial charge on any atom is -0.492 e. The molecular formula is C16H18Br2O6. The summed E-state index contributed by atoms with van der Waals surface area (Å²) >= 11 is 6.35. The Balaban J connectivity index is 3.16. The van der Waals surface area contributed by atoms with Crippen LogP contribution in [0.15, 0.2) is 45.8 Å². The highest BCUT2D eigenvalue weighted by atomic mass is 79.9. The molecule has 0 bridgehead atoms. The number of ether oxygens (including phenoxy) is 4. The molecule has 0 fully saturated rings. The zero-order valence-corrected chi connectivity index (χ0v) is 16.5. The highest BCUT2D eigenvalue weighted by molar-refractivity contribution is 9.12. The number of carbonyl (C=O) groups excluding carboxylic acids is 2. The zero-order valence-electron chi connectivity index (χ0n) is 13.3. The SMILES string of the molecule is C=C(Br)COC1=CC(C(=O)OC)C(OCC(=C)Br)=CC1C(=O)OC. The van der Waals surface area contributed by atoms with Gasteiger partial charge in [-0.15, -0.1) is 0 Å². The molecule has 6 nitrogen and oxygen atoms in total. The van der Waals surface area contributed by atoms with E-state index in [0.717, 1.165) is 0 Å². The maximum Gasteiger partial charge on any atom is 0.320 e. The standard InChI is InChI=1S/C16H18Br2O6/c1-9(17)7-23-13-5-12(16(20)22-4)14(24-8-10(2)18)6-11(13)15(19)21-3/h5-6,11-12H,1-2,7-8H2,3-4H3. The zero-order chi connectivity index (χ0) is 18.3. The average molecular weight is 466 g/mol. The van der Waals surface area contributed by atoms with E-state index in [4.69, 9.17) is 18.9 Å². The molecule has 24 heavy (non-hydrogen) atoms. The summed E-state index contributed by atoms with van der Waals surface area (Å²) in [4.78, 5) is 24.1. The quantitative estimate of drug-likeness (QED) is 0.512. The van der Waals surface area contributed by atoms with Crippen LogP contribution in [0.3, 0.4) is 0 Å². The third kappa shape index (κ3) is 5.83. The third-order valence-electron chi connectivity index (χ3n) is 2.98. The fourth-order valence-electron chi connectivity index (χ4n) is 1.92. The van der Waals surface area contributed by atoms with Gasteiger partial charge in [0.2, 0.25) is 0 Å². The highest BCUT2D eigenvalue weighted by Gasteiger charge is 2.35. The molecule has 1 aliphatic rings. The van der Waals surface area contributed by atoms with Gasteiger partial charge in [-0.3, -0.25) is 9.59 Å². The van der Waals surface area contributed by atoms with Crippen LogP contribution in [-0.4, -0.2) is 39.4 Å². The molecule has 0 aliphatic heterocycles. The van der Waals surface area contributed by atoms with Crippen molar-refractivity contribution in [2.24, 2.45) is 11.8 Å². The lowest BCUT2D eigenvalue weighted by Gasteiger charge is -2.26. The molecule has 0 amide bonds. The van der Waals surface area contributed by atoms with Crippen molar-refractivity contribution < 1.29 is 28.5 Å². The molecule has 0 aromatic carbocycles. The Morgan fingerprint density at radius 2 is 1.25 bits per heavy atom. The predicted molar refractivity (Wildman–Crippen MR) is 95.2 cm³/mol. The molecule has 0 saturated carbocycles. The van der Waals surface area contributed by atoms with E-state index >= 15 is 0 Å². The van der Waals surface area contributed by atoms with Gasteiger partial charge in [0.05, 0.1) is 14.2 Å². The first-order valence-electron chi connectivity index (χ1n) is 6.81. The molecule has 0 saturated heterocycles. The van der Waals surface area contributed by atoms with E-state index in [2.05, 4.69) is 45.0 Å². The summed E-state index contributed by atoms with van der Waals surface area (Å²) in [6.45, 7) is 7.60. The second kappa shape index (κ2) is 9.68. The summed E-state index contributed by atoms with van der Waals surface area (Å²) in [6.07, 6.45) is 2.96. The molecule has 0 spiro atoms. The molecule has 0 aromatic heterocycles. The van der Waals surface area contributed by atoms with E-state index in [1.165, 1.54) is 26.4 Å². The van der Waals surface area contributed by atoms with Crippen molar-refractivity contribution in [2.75, 3.05) is 27.4 Å². The smallest absolute Gasteiger partial charge is 0.320 e. The van der Waals surface area contributed by atoms with Gasteiger partial charge in [0.1, 0.15) is 36.6 Å². The Kier molecular flexibility index (Phi) is 8.27. The van der Waals surface area contributed by atoms with Crippen LogP contribution in [0.5, 0.6) is 0 Å². The van der Waals surface area contributed by atoms with Gasteiger partial charge < -0.3 is 18.9 Å². The Morgan fingerprint density at radius 1 is 0.917 bits per heavy atom. The molecule has 2 atom stereocenters. The summed E-state index contributed by atoms with van der Waals surface area (Å²) in [6, 6.07) is 0. The van der Waals surface area contributed by atoms with E-state index in [1.807, 2.05) is 0 Å². The summed E-state index contributed by atoms with van der Waals surface area (Å²) in [7, 11) is 2.54. The molecule has 132 valence electrons. The Labute approximate surface area is 157 Å². The second-order valence-corrected chi connectivity index (χ2v) is 6.99. The Morgan fingerprint density at radius 3 is 1.50 bits per heavy atom. The van der Waals surface area contributed by atoms with Crippen molar-refractivity contribution in [3.63, 3.8) is 0 Å². The number of methoxy groups -OCH3 is 2. The third-order valence-corrected chi connectivity index (χ3v) is 3.43. The number of hydrogen-bond donors (Lipinski definition) is 0. The minimum atomic E-state index is -0.832. The topological polar surface area (TPSA) is 71.1 Å². The lowest BCUT2D eigenvalue weighted by Crippen LogP contribution is -2.28. The number of esters is 2. The van der Waals surface area contributed by atoms with Crippen molar-refractivity contribution in [1.82, 2.24) is 0 Å². The van der Waals surface area contributed by atoms with Crippen LogP contribution in [0.25, 0.3) is 0 Å². The van der Waals surface area contributed by atoms with Crippen molar-refractivity contribution in [1.29, 1.82) is 0 Å². The monoisotopic (exact) mass is 464 g/mol. The first kappa shape index (κ1) is 20.5. The molecule has 8 heteroatoms. The second-order valence-electron chi connectivity index (χ2n) is 4.75. The van der Waals surface area contributed by atoms with E-state index in [-0.39, 0.29) is 24.7 Å². The van der Waals surface area contributed by atoms with Crippen LogP contribution in [0.2, 0.25) is 0 Å². The summed E-state index contributed by atoms with van der Waals surface area (Å²) in [5.74, 6) is -2.21. The summed E-state index contributed by atoms with van der Waals surface area (Å²) in [5.41, 5.74) is 0. The van der Waals surface area contributed by atoms with Gasteiger partial charge in [-0.25, -0.2) is 0 Å². The van der Waals surface area contributed by atoms with Crippen molar-refractivity contribution in [3.05, 3.63) is 45.8 Å². The molecule has 0 radical (unpaired) electrons. The molecule has 0 aromatic rings. The Hall–Kier alpha value is -1.54. The lowest BCUT2D eigenvalue weighted by molar-refractivity contribution is -0.146. The highest BCUT2D eigenvalue weighted by Crippen LogP contribution is 2.32. The van der Waals surface area contributed by atoms with Gasteiger partial charge >= 0.3 is 11.9 Å². The molecular weight excluding hydrogens is 448 g/mol. The Bertz CT molecular complexity index is 541. The van der Waals surface area contributed by atoms with Gasteiger partial charge in [0, 0.05) is 8.96 Å². The van der Waals surface area contributed by atoms with Crippen molar-refractivity contribution in [2.45, 2.75) is 0 Å². The predicted octanol–water partition coefficient (Wildman–Crippen LogP) is 3.20.